The lowest BCUT2D eigenvalue weighted by Crippen LogP contribution is -2.49. The fourth-order valence-corrected chi connectivity index (χ4v) is 4.59. The number of hydrogen-bond acceptors (Lipinski definition) is 3. The minimum Gasteiger partial charge on any atom is -0.367 e. The highest BCUT2D eigenvalue weighted by Crippen LogP contribution is 2.30. The van der Waals surface area contributed by atoms with Crippen molar-refractivity contribution in [2.45, 2.75) is 6.92 Å². The Balaban J connectivity index is 1.39. The van der Waals surface area contributed by atoms with Crippen LogP contribution in [0.1, 0.15) is 26.4 Å². The number of piperazine rings is 1. The number of H-pyrrole nitrogens is 1. The molecule has 0 atom stereocenters. The molecular weight excluding hydrogens is 448 g/mol. The number of para-hydroxylation sites is 2. The number of halogens is 1. The van der Waals surface area contributed by atoms with Gasteiger partial charge < -0.3 is 20.1 Å². The van der Waals surface area contributed by atoms with Crippen LogP contribution in [0.3, 0.4) is 0 Å². The molecule has 0 bridgehead atoms. The number of fused-ring (bicyclic) bond motifs is 1. The summed E-state index contributed by atoms with van der Waals surface area (Å²) in [5.41, 5.74) is 4.32. The van der Waals surface area contributed by atoms with E-state index in [0.717, 1.165) is 22.2 Å². The van der Waals surface area contributed by atoms with Crippen LogP contribution in [0.25, 0.3) is 10.9 Å². The van der Waals surface area contributed by atoms with Gasteiger partial charge in [0.25, 0.3) is 11.8 Å². The van der Waals surface area contributed by atoms with E-state index in [4.69, 9.17) is 11.6 Å². The highest BCUT2D eigenvalue weighted by molar-refractivity contribution is 6.33. The van der Waals surface area contributed by atoms with Crippen molar-refractivity contribution in [3.05, 3.63) is 94.6 Å². The number of aromatic nitrogens is 1. The van der Waals surface area contributed by atoms with Crippen molar-refractivity contribution < 1.29 is 9.59 Å². The van der Waals surface area contributed by atoms with Crippen molar-refractivity contribution >= 4 is 45.7 Å². The molecule has 0 aliphatic carbocycles. The van der Waals surface area contributed by atoms with E-state index in [1.54, 1.807) is 12.1 Å². The smallest absolute Gasteiger partial charge is 0.272 e. The molecule has 5 rings (SSSR count). The SMILES string of the molecule is Cc1ccc(C(=O)Nc2c(C(=O)N3CCN(c4ccccc4Cl)CC3)[nH]c3ccccc23)cc1. The molecule has 6 nitrogen and oxygen atoms in total. The van der Waals surface area contributed by atoms with E-state index in [-0.39, 0.29) is 11.8 Å². The number of aromatic amines is 1. The largest absolute Gasteiger partial charge is 0.367 e. The lowest BCUT2D eigenvalue weighted by molar-refractivity contribution is 0.0743. The first-order chi connectivity index (χ1) is 16.5. The Hall–Kier alpha value is -3.77. The molecule has 1 aromatic heterocycles. The van der Waals surface area contributed by atoms with Crippen LogP contribution < -0.4 is 10.2 Å². The van der Waals surface area contributed by atoms with Crippen LogP contribution in [0.15, 0.2) is 72.8 Å². The minimum absolute atomic E-state index is 0.130. The molecule has 172 valence electrons. The summed E-state index contributed by atoms with van der Waals surface area (Å²) in [6, 6.07) is 22.7. The van der Waals surface area contributed by atoms with Gasteiger partial charge in [0, 0.05) is 42.6 Å². The summed E-state index contributed by atoms with van der Waals surface area (Å²) >= 11 is 6.36. The average Bonchev–Trinajstić information content (AvgIpc) is 3.23. The number of amides is 2. The molecule has 0 unspecified atom stereocenters. The number of nitrogens with one attached hydrogen (secondary N) is 2. The Morgan fingerprint density at radius 3 is 2.29 bits per heavy atom. The van der Waals surface area contributed by atoms with Gasteiger partial charge in [0.1, 0.15) is 5.69 Å². The third-order valence-corrected chi connectivity index (χ3v) is 6.55. The topological polar surface area (TPSA) is 68.4 Å². The monoisotopic (exact) mass is 472 g/mol. The Labute approximate surface area is 203 Å². The van der Waals surface area contributed by atoms with Crippen LogP contribution in [0.5, 0.6) is 0 Å². The van der Waals surface area contributed by atoms with Gasteiger partial charge in [-0.15, -0.1) is 0 Å². The molecule has 0 saturated carbocycles. The van der Waals surface area contributed by atoms with E-state index in [0.29, 0.717) is 48.1 Å². The van der Waals surface area contributed by atoms with Crippen LogP contribution >= 0.6 is 11.6 Å². The summed E-state index contributed by atoms with van der Waals surface area (Å²) in [6.07, 6.45) is 0. The Kier molecular flexibility index (Phi) is 5.99. The Morgan fingerprint density at radius 1 is 0.882 bits per heavy atom. The van der Waals surface area contributed by atoms with Gasteiger partial charge >= 0.3 is 0 Å². The van der Waals surface area contributed by atoms with Crippen molar-refractivity contribution in [2.24, 2.45) is 0 Å². The maximum Gasteiger partial charge on any atom is 0.272 e. The van der Waals surface area contributed by atoms with Gasteiger partial charge in [-0.05, 0) is 37.3 Å². The van der Waals surface area contributed by atoms with Crippen molar-refractivity contribution in [1.82, 2.24) is 9.88 Å². The molecule has 3 aromatic carbocycles. The number of hydrogen-bond donors (Lipinski definition) is 2. The summed E-state index contributed by atoms with van der Waals surface area (Å²) in [5.74, 6) is -0.378. The second-order valence-corrected chi connectivity index (χ2v) is 8.88. The van der Waals surface area contributed by atoms with Crippen LogP contribution in [-0.4, -0.2) is 47.9 Å². The summed E-state index contributed by atoms with van der Waals surface area (Å²) in [5, 5.41) is 4.50. The van der Waals surface area contributed by atoms with E-state index in [1.165, 1.54) is 0 Å². The number of anilines is 2. The van der Waals surface area contributed by atoms with Gasteiger partial charge in [-0.1, -0.05) is 59.6 Å². The zero-order valence-corrected chi connectivity index (χ0v) is 19.6. The molecule has 1 aliphatic heterocycles. The molecule has 2 amide bonds. The normalized spacial score (nSPS) is 13.8. The third kappa shape index (κ3) is 4.24. The average molecular weight is 473 g/mol. The first-order valence-electron chi connectivity index (χ1n) is 11.3. The molecule has 34 heavy (non-hydrogen) atoms. The number of nitrogens with zero attached hydrogens (tertiary/aromatic N) is 2. The molecular formula is C27H25ClN4O2. The second kappa shape index (κ2) is 9.23. The predicted octanol–water partition coefficient (Wildman–Crippen LogP) is 5.34. The number of carbonyl (C=O) groups excluding carboxylic acids is 2. The van der Waals surface area contributed by atoms with E-state index >= 15 is 0 Å². The molecule has 7 heteroatoms. The Morgan fingerprint density at radius 2 is 1.56 bits per heavy atom. The molecule has 2 N–H and O–H groups in total. The summed E-state index contributed by atoms with van der Waals surface area (Å²) in [4.78, 5) is 33.8. The summed E-state index contributed by atoms with van der Waals surface area (Å²) < 4.78 is 0. The third-order valence-electron chi connectivity index (χ3n) is 6.23. The molecule has 1 aliphatic rings. The number of rotatable bonds is 4. The lowest BCUT2D eigenvalue weighted by atomic mass is 10.1. The molecule has 1 fully saturated rings. The van der Waals surface area contributed by atoms with E-state index in [9.17, 15) is 9.59 Å². The van der Waals surface area contributed by atoms with Gasteiger partial charge in [0.05, 0.1) is 16.4 Å². The van der Waals surface area contributed by atoms with Crippen LogP contribution in [0, 0.1) is 6.92 Å². The van der Waals surface area contributed by atoms with Crippen molar-refractivity contribution in [1.29, 1.82) is 0 Å². The van der Waals surface area contributed by atoms with Crippen LogP contribution in [-0.2, 0) is 0 Å². The fourth-order valence-electron chi connectivity index (χ4n) is 4.34. The number of aryl methyl sites for hydroxylation is 1. The van der Waals surface area contributed by atoms with Gasteiger partial charge in [-0.25, -0.2) is 0 Å². The fraction of sp³-hybridized carbons (Fsp3) is 0.185. The first kappa shape index (κ1) is 22.0. The van der Waals surface area contributed by atoms with Crippen molar-refractivity contribution in [3.63, 3.8) is 0 Å². The second-order valence-electron chi connectivity index (χ2n) is 8.47. The highest BCUT2D eigenvalue weighted by Gasteiger charge is 2.27. The van der Waals surface area contributed by atoms with Gasteiger partial charge in [0.2, 0.25) is 0 Å². The van der Waals surface area contributed by atoms with Gasteiger partial charge in [0.15, 0.2) is 0 Å². The number of carbonyl (C=O) groups is 2. The van der Waals surface area contributed by atoms with Gasteiger partial charge in [-0.2, -0.15) is 0 Å². The van der Waals surface area contributed by atoms with Crippen molar-refractivity contribution in [2.75, 3.05) is 36.4 Å². The molecule has 0 radical (unpaired) electrons. The van der Waals surface area contributed by atoms with E-state index in [2.05, 4.69) is 15.2 Å². The zero-order valence-electron chi connectivity index (χ0n) is 18.8. The maximum absolute atomic E-state index is 13.6. The first-order valence-corrected chi connectivity index (χ1v) is 11.7. The van der Waals surface area contributed by atoms with Gasteiger partial charge in [-0.3, -0.25) is 9.59 Å². The molecule has 0 spiro atoms. The van der Waals surface area contributed by atoms with Crippen LogP contribution in [0.2, 0.25) is 5.02 Å². The molecule has 1 saturated heterocycles. The predicted molar refractivity (Wildman–Crippen MR) is 137 cm³/mol. The summed E-state index contributed by atoms with van der Waals surface area (Å²) in [6.45, 7) is 4.46. The zero-order chi connectivity index (χ0) is 23.7. The molecule has 2 heterocycles. The maximum atomic E-state index is 13.6. The standard InChI is InChI=1S/C27H25ClN4O2/c1-18-10-12-19(13-11-18)26(33)30-24-20-6-2-4-8-22(20)29-25(24)27(34)32-16-14-31(15-17-32)23-9-5-3-7-21(23)28/h2-13,29H,14-17H2,1H3,(H,30,33). The molecule has 4 aromatic rings. The number of benzene rings is 3. The Bertz CT molecular complexity index is 1350. The van der Waals surface area contributed by atoms with E-state index < -0.39 is 0 Å². The minimum atomic E-state index is -0.248. The van der Waals surface area contributed by atoms with Crippen molar-refractivity contribution in [3.8, 4) is 0 Å². The lowest BCUT2D eigenvalue weighted by Gasteiger charge is -2.36. The van der Waals surface area contributed by atoms with Crippen LogP contribution in [0.4, 0.5) is 11.4 Å². The van der Waals surface area contributed by atoms with E-state index in [1.807, 2.05) is 72.5 Å². The quantitative estimate of drug-likeness (QED) is 0.421. The highest BCUT2D eigenvalue weighted by atomic mass is 35.5. The summed E-state index contributed by atoms with van der Waals surface area (Å²) in [7, 11) is 0.